The van der Waals surface area contributed by atoms with E-state index in [9.17, 15) is 9.59 Å². The average Bonchev–Trinajstić information content (AvgIpc) is 3.24. The minimum absolute atomic E-state index is 0.262. The van der Waals surface area contributed by atoms with Crippen LogP contribution in [0, 0.1) is 13.8 Å². The summed E-state index contributed by atoms with van der Waals surface area (Å²) in [5.74, 6) is 0.142. The van der Waals surface area contributed by atoms with E-state index in [2.05, 4.69) is 5.48 Å². The Morgan fingerprint density at radius 3 is 2.50 bits per heavy atom. The number of nitrogens with one attached hydrogen (secondary N) is 1. The molecule has 0 spiro atoms. The minimum Gasteiger partial charge on any atom is -0.493 e. The van der Waals surface area contributed by atoms with Crippen molar-refractivity contribution >= 4 is 23.2 Å². The van der Waals surface area contributed by atoms with Crippen LogP contribution in [-0.2, 0) is 14.4 Å². The van der Waals surface area contributed by atoms with Gasteiger partial charge in [0, 0.05) is 5.56 Å². The molecule has 0 bridgehead atoms. The topological polar surface area (TPSA) is 77.1 Å². The van der Waals surface area contributed by atoms with Gasteiger partial charge in [-0.15, -0.1) is 0 Å². The number of hydroxylamine groups is 1. The molecule has 2 amide bonds. The van der Waals surface area contributed by atoms with Gasteiger partial charge < -0.3 is 9.47 Å². The van der Waals surface area contributed by atoms with Gasteiger partial charge >= 0.3 is 0 Å². The molecule has 7 heteroatoms. The third-order valence-corrected chi connectivity index (χ3v) is 5.18. The second-order valence-corrected chi connectivity index (χ2v) is 6.63. The number of methoxy groups -OCH3 is 2. The maximum Gasteiger partial charge on any atom is 0.270 e. The van der Waals surface area contributed by atoms with Crippen molar-refractivity contribution in [2.45, 2.75) is 20.0 Å². The number of ether oxygens (including phenoxy) is 2. The van der Waals surface area contributed by atoms with Gasteiger partial charge in [-0.1, -0.05) is 18.2 Å². The molecule has 1 N–H and O–H groups in total. The minimum atomic E-state index is -1.00. The molecule has 7 nitrogen and oxygen atoms in total. The number of aryl methyl sites for hydroxylation is 1. The number of carbonyl (C=O) groups excluding carboxylic acids is 2. The molecular formula is C21H20N2O5. The summed E-state index contributed by atoms with van der Waals surface area (Å²) in [7, 11) is 3.05. The number of nitrogens with zero attached hydrogens (tertiary/aromatic N) is 1. The Morgan fingerprint density at radius 2 is 1.79 bits per heavy atom. The average molecular weight is 380 g/mol. The molecule has 144 valence electrons. The van der Waals surface area contributed by atoms with E-state index in [0.29, 0.717) is 28.4 Å². The molecule has 2 aliphatic heterocycles. The number of imide groups is 1. The van der Waals surface area contributed by atoms with Crippen molar-refractivity contribution in [2.75, 3.05) is 19.1 Å². The smallest absolute Gasteiger partial charge is 0.270 e. The summed E-state index contributed by atoms with van der Waals surface area (Å²) in [5.41, 5.74) is 6.43. The predicted molar refractivity (Wildman–Crippen MR) is 103 cm³/mol. The van der Waals surface area contributed by atoms with Gasteiger partial charge in [-0.2, -0.15) is 0 Å². The number of hydrogen-bond donors (Lipinski definition) is 1. The van der Waals surface area contributed by atoms with E-state index < -0.39 is 17.9 Å². The highest BCUT2D eigenvalue weighted by Crippen LogP contribution is 2.41. The number of benzene rings is 2. The molecule has 0 saturated carbocycles. The molecule has 2 aromatic rings. The highest BCUT2D eigenvalue weighted by atomic mass is 16.7. The predicted octanol–water partition coefficient (Wildman–Crippen LogP) is 2.51. The van der Waals surface area contributed by atoms with Crippen LogP contribution in [0.2, 0.25) is 0 Å². The molecule has 28 heavy (non-hydrogen) atoms. The van der Waals surface area contributed by atoms with Gasteiger partial charge in [0.1, 0.15) is 0 Å². The van der Waals surface area contributed by atoms with Crippen LogP contribution in [0.25, 0.3) is 5.70 Å². The maximum absolute atomic E-state index is 13.3. The second kappa shape index (κ2) is 6.69. The number of carbonyl (C=O) groups is 2. The number of rotatable bonds is 4. The first-order valence-electron chi connectivity index (χ1n) is 8.81. The fraction of sp³-hybridized carbons (Fsp3) is 0.238. The fourth-order valence-corrected chi connectivity index (χ4v) is 3.58. The van der Waals surface area contributed by atoms with Crippen molar-refractivity contribution in [2.24, 2.45) is 0 Å². The molecule has 2 aromatic carbocycles. The Hall–Kier alpha value is -3.32. The summed E-state index contributed by atoms with van der Waals surface area (Å²) in [6.07, 6.45) is -1.00. The van der Waals surface area contributed by atoms with E-state index in [0.717, 1.165) is 11.1 Å². The van der Waals surface area contributed by atoms with Crippen LogP contribution in [0.3, 0.4) is 0 Å². The van der Waals surface area contributed by atoms with Crippen molar-refractivity contribution in [3.8, 4) is 11.5 Å². The Kier molecular flexibility index (Phi) is 4.31. The van der Waals surface area contributed by atoms with Crippen LogP contribution in [-0.4, -0.2) is 32.1 Å². The summed E-state index contributed by atoms with van der Waals surface area (Å²) in [6, 6.07) is 10.8. The number of anilines is 1. The molecular weight excluding hydrogens is 360 g/mol. The Balaban J connectivity index is 1.86. The quantitative estimate of drug-likeness (QED) is 0.822. The van der Waals surface area contributed by atoms with Gasteiger partial charge in [-0.05, 0) is 43.2 Å². The van der Waals surface area contributed by atoms with Crippen molar-refractivity contribution in [3.05, 3.63) is 58.7 Å². The van der Waals surface area contributed by atoms with Crippen LogP contribution < -0.4 is 19.9 Å². The lowest BCUT2D eigenvalue weighted by Gasteiger charge is -2.19. The first kappa shape index (κ1) is 18.1. The van der Waals surface area contributed by atoms with Crippen molar-refractivity contribution < 1.29 is 23.9 Å². The molecule has 1 saturated heterocycles. The van der Waals surface area contributed by atoms with Crippen molar-refractivity contribution in [1.29, 1.82) is 0 Å². The van der Waals surface area contributed by atoms with Crippen molar-refractivity contribution in [3.63, 3.8) is 0 Å². The van der Waals surface area contributed by atoms with E-state index in [1.54, 1.807) is 24.3 Å². The van der Waals surface area contributed by atoms with Crippen LogP contribution >= 0.6 is 0 Å². The van der Waals surface area contributed by atoms with Gasteiger partial charge in [0.2, 0.25) is 0 Å². The van der Waals surface area contributed by atoms with Crippen LogP contribution in [0.15, 0.2) is 42.0 Å². The first-order chi connectivity index (χ1) is 13.5. The normalized spacial score (nSPS) is 18.4. The molecule has 4 rings (SSSR count). The number of fused-ring (bicyclic) bond motifs is 1. The van der Waals surface area contributed by atoms with Crippen molar-refractivity contribution in [1.82, 2.24) is 5.48 Å². The lowest BCUT2D eigenvalue weighted by molar-refractivity contribution is -0.127. The summed E-state index contributed by atoms with van der Waals surface area (Å²) in [5, 5.41) is 0. The summed E-state index contributed by atoms with van der Waals surface area (Å²) in [6.45, 7) is 3.83. The molecule has 1 atom stereocenters. The molecule has 0 aliphatic carbocycles. The lowest BCUT2D eigenvalue weighted by Crippen LogP contribution is -2.35. The lowest BCUT2D eigenvalue weighted by atomic mass is 10.0. The van der Waals surface area contributed by atoms with E-state index >= 15 is 0 Å². The summed E-state index contributed by atoms with van der Waals surface area (Å²) < 4.78 is 10.8. The molecule has 1 fully saturated rings. The maximum atomic E-state index is 13.3. The first-order valence-corrected chi connectivity index (χ1v) is 8.81. The largest absolute Gasteiger partial charge is 0.493 e. The number of hydrogen-bond acceptors (Lipinski definition) is 6. The zero-order chi connectivity index (χ0) is 20.0. The van der Waals surface area contributed by atoms with E-state index in [1.165, 1.54) is 19.1 Å². The Bertz CT molecular complexity index is 1030. The van der Waals surface area contributed by atoms with E-state index in [-0.39, 0.29) is 5.57 Å². The standard InChI is InChI=1S/C21H20N2O5/c1-11-7-5-9-14(12(11)2)23-20(24)16-17(22-28-19(16)21(23)25)13-8-6-10-15(26-3)18(13)27-4/h5-10,19,22H,1-4H3/t19-/m1/s1. The molecule has 2 heterocycles. The van der Waals surface area contributed by atoms with Crippen LogP contribution in [0.5, 0.6) is 11.5 Å². The number of para-hydroxylation sites is 1. The second-order valence-electron chi connectivity index (χ2n) is 6.63. The van der Waals surface area contributed by atoms with Gasteiger partial charge in [-0.3, -0.25) is 19.9 Å². The van der Waals surface area contributed by atoms with Crippen LogP contribution in [0.4, 0.5) is 5.69 Å². The summed E-state index contributed by atoms with van der Waals surface area (Å²) >= 11 is 0. The van der Waals surface area contributed by atoms with E-state index in [4.69, 9.17) is 14.3 Å². The Labute approximate surface area is 162 Å². The highest BCUT2D eigenvalue weighted by Gasteiger charge is 2.51. The zero-order valence-electron chi connectivity index (χ0n) is 16.0. The fourth-order valence-electron chi connectivity index (χ4n) is 3.58. The zero-order valence-corrected chi connectivity index (χ0v) is 16.0. The molecule has 2 aliphatic rings. The molecule has 0 aromatic heterocycles. The monoisotopic (exact) mass is 380 g/mol. The third kappa shape index (κ3) is 2.47. The number of amides is 2. The molecule has 0 unspecified atom stereocenters. The van der Waals surface area contributed by atoms with Gasteiger partial charge in [-0.25, -0.2) is 4.90 Å². The van der Waals surface area contributed by atoms with E-state index in [1.807, 2.05) is 26.0 Å². The Morgan fingerprint density at radius 1 is 1.04 bits per heavy atom. The highest BCUT2D eigenvalue weighted by molar-refractivity contribution is 6.33. The third-order valence-electron chi connectivity index (χ3n) is 5.18. The van der Waals surface area contributed by atoms with Gasteiger partial charge in [0.15, 0.2) is 17.6 Å². The SMILES string of the molecule is COc1cccc(C2=C3C(=O)N(c4cccc(C)c4C)C(=O)[C@@H]3ON2)c1OC. The summed E-state index contributed by atoms with van der Waals surface area (Å²) in [4.78, 5) is 32.9. The van der Waals surface area contributed by atoms with Crippen LogP contribution in [0.1, 0.15) is 16.7 Å². The van der Waals surface area contributed by atoms with Gasteiger partial charge in [0.25, 0.3) is 11.8 Å². The molecule has 0 radical (unpaired) electrons. The van der Waals surface area contributed by atoms with Gasteiger partial charge in [0.05, 0.1) is 31.2 Å².